The molecule has 0 N–H and O–H groups in total. The SMILES string of the molecule is CC(=O)N(c1ccccc1)c1nc(/C=C/C(=O)N(C)Cc2cccs2)cs1. The molecule has 0 spiro atoms. The highest BCUT2D eigenvalue weighted by atomic mass is 32.1. The molecule has 2 heterocycles. The summed E-state index contributed by atoms with van der Waals surface area (Å²) in [4.78, 5) is 33.2. The molecule has 2 aromatic heterocycles. The summed E-state index contributed by atoms with van der Waals surface area (Å²) in [6.45, 7) is 2.09. The fourth-order valence-electron chi connectivity index (χ4n) is 2.46. The van der Waals surface area contributed by atoms with E-state index >= 15 is 0 Å². The Balaban J connectivity index is 1.70. The molecule has 0 bridgehead atoms. The third-order valence-electron chi connectivity index (χ3n) is 3.78. The van der Waals surface area contributed by atoms with E-state index in [1.807, 2.05) is 53.2 Å². The number of carbonyl (C=O) groups is 2. The van der Waals surface area contributed by atoms with E-state index in [2.05, 4.69) is 4.98 Å². The Morgan fingerprint density at radius 1 is 1.11 bits per heavy atom. The van der Waals surface area contributed by atoms with Gasteiger partial charge in [0, 0.05) is 30.3 Å². The molecule has 3 aromatic rings. The monoisotopic (exact) mass is 397 g/mol. The smallest absolute Gasteiger partial charge is 0.246 e. The number of carbonyl (C=O) groups excluding carboxylic acids is 2. The number of likely N-dealkylation sites (N-methyl/N-ethyl adjacent to an activating group) is 1. The minimum Gasteiger partial charge on any atom is -0.337 e. The van der Waals surface area contributed by atoms with Crippen molar-refractivity contribution in [2.45, 2.75) is 13.5 Å². The second kappa shape index (κ2) is 8.75. The van der Waals surface area contributed by atoms with Gasteiger partial charge in [-0.1, -0.05) is 24.3 Å². The minimum absolute atomic E-state index is 0.0931. The number of para-hydroxylation sites is 1. The van der Waals surface area contributed by atoms with Crippen molar-refractivity contribution >= 4 is 51.4 Å². The molecule has 0 unspecified atom stereocenters. The molecule has 5 nitrogen and oxygen atoms in total. The molecule has 1 aromatic carbocycles. The van der Waals surface area contributed by atoms with Crippen LogP contribution in [0.15, 0.2) is 59.3 Å². The first kappa shape index (κ1) is 19.0. The maximum atomic E-state index is 12.3. The lowest BCUT2D eigenvalue weighted by Gasteiger charge is -2.17. The van der Waals surface area contributed by atoms with Gasteiger partial charge in [-0.3, -0.25) is 14.5 Å². The van der Waals surface area contributed by atoms with Crippen LogP contribution in [0.1, 0.15) is 17.5 Å². The van der Waals surface area contributed by atoms with Crippen molar-refractivity contribution in [2.24, 2.45) is 0 Å². The lowest BCUT2D eigenvalue weighted by Crippen LogP contribution is -2.23. The Labute approximate surface area is 166 Å². The molecular weight excluding hydrogens is 378 g/mol. The van der Waals surface area contributed by atoms with E-state index in [1.165, 1.54) is 24.3 Å². The minimum atomic E-state index is -0.113. The van der Waals surface area contributed by atoms with Crippen molar-refractivity contribution < 1.29 is 9.59 Å². The molecular formula is C20H19N3O2S2. The molecule has 0 aliphatic carbocycles. The Hall–Kier alpha value is -2.77. The van der Waals surface area contributed by atoms with Gasteiger partial charge in [0.15, 0.2) is 5.13 Å². The summed E-state index contributed by atoms with van der Waals surface area (Å²) >= 11 is 2.99. The number of nitrogens with zero attached hydrogens (tertiary/aromatic N) is 3. The Kier molecular flexibility index (Phi) is 6.16. The van der Waals surface area contributed by atoms with Crippen LogP contribution in [0.5, 0.6) is 0 Å². The molecule has 7 heteroatoms. The van der Waals surface area contributed by atoms with Crippen molar-refractivity contribution in [3.8, 4) is 0 Å². The predicted octanol–water partition coefficient (Wildman–Crippen LogP) is 4.56. The number of rotatable bonds is 6. The molecule has 0 aliphatic rings. The molecule has 0 saturated heterocycles. The van der Waals surface area contributed by atoms with Crippen molar-refractivity contribution in [1.29, 1.82) is 0 Å². The summed E-state index contributed by atoms with van der Waals surface area (Å²) < 4.78 is 0. The zero-order valence-corrected chi connectivity index (χ0v) is 16.7. The van der Waals surface area contributed by atoms with E-state index in [-0.39, 0.29) is 11.8 Å². The standard InChI is InChI=1S/C20H19N3O2S2/c1-15(24)23(17-7-4-3-5-8-17)20-21-16(14-27-20)10-11-19(25)22(2)13-18-9-6-12-26-18/h3-12,14H,13H2,1-2H3/b11-10+. The average molecular weight is 398 g/mol. The van der Waals surface area contributed by atoms with Crippen LogP contribution in [-0.4, -0.2) is 28.7 Å². The number of benzene rings is 1. The predicted molar refractivity (Wildman–Crippen MR) is 111 cm³/mol. The largest absolute Gasteiger partial charge is 0.337 e. The van der Waals surface area contributed by atoms with Crippen LogP contribution >= 0.6 is 22.7 Å². The second-order valence-electron chi connectivity index (χ2n) is 5.85. The number of hydrogen-bond acceptors (Lipinski definition) is 5. The van der Waals surface area contributed by atoms with Crippen molar-refractivity contribution in [3.05, 3.63) is 69.9 Å². The lowest BCUT2D eigenvalue weighted by atomic mass is 10.3. The van der Waals surface area contributed by atoms with E-state index in [0.29, 0.717) is 17.4 Å². The molecule has 2 amide bonds. The molecule has 0 aliphatic heterocycles. The molecule has 0 fully saturated rings. The van der Waals surface area contributed by atoms with Crippen LogP contribution < -0.4 is 4.90 Å². The average Bonchev–Trinajstić information content (AvgIpc) is 3.32. The highest BCUT2D eigenvalue weighted by Gasteiger charge is 2.17. The summed E-state index contributed by atoms with van der Waals surface area (Å²) in [5.41, 5.74) is 1.41. The first-order valence-corrected chi connectivity index (χ1v) is 10.1. The van der Waals surface area contributed by atoms with E-state index in [1.54, 1.807) is 34.3 Å². The van der Waals surface area contributed by atoms with Gasteiger partial charge >= 0.3 is 0 Å². The fraction of sp³-hybridized carbons (Fsp3) is 0.150. The van der Waals surface area contributed by atoms with E-state index in [4.69, 9.17) is 0 Å². The highest BCUT2D eigenvalue weighted by molar-refractivity contribution is 7.14. The van der Waals surface area contributed by atoms with Gasteiger partial charge in [-0.15, -0.1) is 22.7 Å². The molecule has 0 radical (unpaired) electrons. The highest BCUT2D eigenvalue weighted by Crippen LogP contribution is 2.29. The van der Waals surface area contributed by atoms with E-state index in [0.717, 1.165) is 10.6 Å². The third kappa shape index (κ3) is 4.90. The number of thiazole rings is 1. The molecule has 138 valence electrons. The zero-order chi connectivity index (χ0) is 19.2. The number of aromatic nitrogens is 1. The van der Waals surface area contributed by atoms with Gasteiger partial charge in [0.1, 0.15) is 0 Å². The lowest BCUT2D eigenvalue weighted by molar-refractivity contribution is -0.125. The van der Waals surface area contributed by atoms with Crippen LogP contribution in [0, 0.1) is 0 Å². The number of anilines is 2. The maximum Gasteiger partial charge on any atom is 0.246 e. The molecule has 3 rings (SSSR count). The topological polar surface area (TPSA) is 53.5 Å². The van der Waals surface area contributed by atoms with Gasteiger partial charge in [0.25, 0.3) is 0 Å². The Morgan fingerprint density at radius 3 is 2.56 bits per heavy atom. The number of amides is 2. The fourth-order valence-corrected chi connectivity index (χ4v) is 4.07. The quantitative estimate of drug-likeness (QED) is 0.573. The van der Waals surface area contributed by atoms with Crippen LogP contribution in [0.25, 0.3) is 6.08 Å². The van der Waals surface area contributed by atoms with Gasteiger partial charge in [-0.25, -0.2) is 4.98 Å². The zero-order valence-electron chi connectivity index (χ0n) is 15.0. The Morgan fingerprint density at radius 2 is 1.89 bits per heavy atom. The van der Waals surface area contributed by atoms with Crippen molar-refractivity contribution in [3.63, 3.8) is 0 Å². The molecule has 0 saturated carbocycles. The van der Waals surface area contributed by atoms with Gasteiger partial charge in [-0.05, 0) is 29.7 Å². The van der Waals surface area contributed by atoms with Gasteiger partial charge < -0.3 is 4.90 Å². The summed E-state index contributed by atoms with van der Waals surface area (Å²) in [5.74, 6) is -0.206. The summed E-state index contributed by atoms with van der Waals surface area (Å²) in [6.07, 6.45) is 3.18. The maximum absolute atomic E-state index is 12.3. The summed E-state index contributed by atoms with van der Waals surface area (Å²) in [6, 6.07) is 13.4. The van der Waals surface area contributed by atoms with Crippen molar-refractivity contribution in [2.75, 3.05) is 11.9 Å². The van der Waals surface area contributed by atoms with Crippen molar-refractivity contribution in [1.82, 2.24) is 9.88 Å². The van der Waals surface area contributed by atoms with Gasteiger partial charge in [0.2, 0.25) is 11.8 Å². The van der Waals surface area contributed by atoms with E-state index < -0.39 is 0 Å². The number of thiophene rings is 1. The summed E-state index contributed by atoms with van der Waals surface area (Å²) in [5, 5.41) is 4.40. The van der Waals surface area contributed by atoms with Crippen LogP contribution in [0.4, 0.5) is 10.8 Å². The third-order valence-corrected chi connectivity index (χ3v) is 5.48. The second-order valence-corrected chi connectivity index (χ2v) is 7.72. The van der Waals surface area contributed by atoms with E-state index in [9.17, 15) is 9.59 Å². The summed E-state index contributed by atoms with van der Waals surface area (Å²) in [7, 11) is 1.77. The first-order chi connectivity index (χ1) is 13.0. The van der Waals surface area contributed by atoms with Gasteiger partial charge in [-0.2, -0.15) is 0 Å². The molecule has 27 heavy (non-hydrogen) atoms. The van der Waals surface area contributed by atoms with Crippen LogP contribution in [0.2, 0.25) is 0 Å². The van der Waals surface area contributed by atoms with Crippen LogP contribution in [-0.2, 0) is 16.1 Å². The normalized spacial score (nSPS) is 10.9. The van der Waals surface area contributed by atoms with Crippen LogP contribution in [0.3, 0.4) is 0 Å². The van der Waals surface area contributed by atoms with Gasteiger partial charge in [0.05, 0.1) is 17.9 Å². The number of hydrogen-bond donors (Lipinski definition) is 0. The first-order valence-electron chi connectivity index (χ1n) is 8.31. The Bertz CT molecular complexity index is 933. The molecule has 0 atom stereocenters.